The number of nitrogens with zero attached hydrogens (tertiary/aromatic N) is 1. The van der Waals surface area contributed by atoms with Gasteiger partial charge < -0.3 is 15.1 Å². The summed E-state index contributed by atoms with van der Waals surface area (Å²) in [7, 11) is 0. The van der Waals surface area contributed by atoms with E-state index in [2.05, 4.69) is 15.9 Å². The lowest BCUT2D eigenvalue weighted by atomic mass is 10.0. The lowest BCUT2D eigenvalue weighted by molar-refractivity contribution is -0.156. The Balaban J connectivity index is 2.22. The van der Waals surface area contributed by atoms with Crippen molar-refractivity contribution in [1.29, 1.82) is 0 Å². The van der Waals surface area contributed by atoms with Crippen LogP contribution in [0.5, 0.6) is 0 Å². The molecule has 2 N–H and O–H groups in total. The van der Waals surface area contributed by atoms with Crippen LogP contribution in [-0.4, -0.2) is 34.9 Å². The topological polar surface area (TPSA) is 60.8 Å². The summed E-state index contributed by atoms with van der Waals surface area (Å²) in [5, 5.41) is 18.8. The largest absolute Gasteiger partial charge is 0.479 e. The van der Waals surface area contributed by atoms with Crippen molar-refractivity contribution in [2.75, 3.05) is 18.0 Å². The van der Waals surface area contributed by atoms with Crippen LogP contribution in [-0.2, 0) is 4.79 Å². The smallest absolute Gasteiger partial charge is 0.337 e. The number of rotatable bonds is 2. The molecule has 1 fully saturated rings. The predicted octanol–water partition coefficient (Wildman–Crippen LogP) is 1.47. The van der Waals surface area contributed by atoms with Gasteiger partial charge >= 0.3 is 5.97 Å². The quantitative estimate of drug-likeness (QED) is 0.864. The van der Waals surface area contributed by atoms with Crippen LogP contribution in [0, 0.1) is 0 Å². The van der Waals surface area contributed by atoms with Crippen molar-refractivity contribution < 1.29 is 15.0 Å². The first-order valence-corrected chi connectivity index (χ1v) is 5.77. The molecule has 4 nitrogen and oxygen atoms in total. The van der Waals surface area contributed by atoms with Gasteiger partial charge in [-0.3, -0.25) is 0 Å². The van der Waals surface area contributed by atoms with Gasteiger partial charge in [0.2, 0.25) is 0 Å². The van der Waals surface area contributed by atoms with Crippen LogP contribution < -0.4 is 4.90 Å². The molecule has 1 aromatic rings. The summed E-state index contributed by atoms with van der Waals surface area (Å²) in [4.78, 5) is 12.8. The molecule has 0 spiro atoms. The van der Waals surface area contributed by atoms with Gasteiger partial charge in [0.1, 0.15) is 0 Å². The lowest BCUT2D eigenvalue weighted by Gasteiger charge is -2.21. The Morgan fingerprint density at radius 1 is 1.44 bits per heavy atom. The van der Waals surface area contributed by atoms with Crippen LogP contribution in [0.2, 0.25) is 0 Å². The minimum Gasteiger partial charge on any atom is -0.479 e. The van der Waals surface area contributed by atoms with Crippen LogP contribution >= 0.6 is 15.9 Å². The summed E-state index contributed by atoms with van der Waals surface area (Å²) in [5.74, 6) is -1.15. The Morgan fingerprint density at radius 3 is 2.69 bits per heavy atom. The standard InChI is InChI=1S/C11H12BrNO3/c12-8-3-1-2-4-9(8)13-6-5-11(16,7-13)10(14)15/h1-4,16H,5-7H2,(H,14,15). The Bertz CT molecular complexity index is 423. The van der Waals surface area contributed by atoms with Crippen LogP contribution in [0.25, 0.3) is 0 Å². The minimum atomic E-state index is -1.62. The summed E-state index contributed by atoms with van der Waals surface area (Å²) in [6, 6.07) is 7.58. The summed E-state index contributed by atoms with van der Waals surface area (Å²) in [6.45, 7) is 0.677. The van der Waals surface area contributed by atoms with E-state index in [9.17, 15) is 9.90 Å². The summed E-state index contributed by atoms with van der Waals surface area (Å²) in [5.41, 5.74) is -0.699. The van der Waals surface area contributed by atoms with E-state index in [4.69, 9.17) is 5.11 Å². The zero-order valence-electron chi connectivity index (χ0n) is 8.56. The number of anilines is 1. The third-order valence-electron chi connectivity index (χ3n) is 2.84. The predicted molar refractivity (Wildman–Crippen MR) is 63.6 cm³/mol. The minimum absolute atomic E-state index is 0.130. The molecule has 1 unspecified atom stereocenters. The van der Waals surface area contributed by atoms with Gasteiger partial charge in [-0.2, -0.15) is 0 Å². The maximum atomic E-state index is 10.9. The van der Waals surface area contributed by atoms with E-state index in [1.54, 1.807) is 0 Å². The number of halogens is 1. The Morgan fingerprint density at radius 2 is 2.12 bits per heavy atom. The van der Waals surface area contributed by atoms with Crippen molar-refractivity contribution >= 4 is 27.6 Å². The zero-order chi connectivity index (χ0) is 11.8. The van der Waals surface area contributed by atoms with Crippen molar-refractivity contribution in [2.45, 2.75) is 12.0 Å². The molecule has 1 atom stereocenters. The average molecular weight is 286 g/mol. The molecule has 1 aliphatic heterocycles. The molecule has 1 heterocycles. The van der Waals surface area contributed by atoms with Crippen LogP contribution in [0.15, 0.2) is 28.7 Å². The number of para-hydroxylation sites is 1. The van der Waals surface area contributed by atoms with E-state index in [1.807, 2.05) is 29.2 Å². The molecular weight excluding hydrogens is 274 g/mol. The van der Waals surface area contributed by atoms with Crippen molar-refractivity contribution in [2.24, 2.45) is 0 Å². The normalized spacial score (nSPS) is 24.8. The number of benzene rings is 1. The number of carbonyl (C=O) groups is 1. The van der Waals surface area contributed by atoms with E-state index < -0.39 is 11.6 Å². The molecule has 1 saturated heterocycles. The van der Waals surface area contributed by atoms with Gasteiger partial charge in [0, 0.05) is 17.4 Å². The molecule has 0 aromatic heterocycles. The fourth-order valence-corrected chi connectivity index (χ4v) is 2.42. The Labute approximate surface area is 102 Å². The molecule has 2 rings (SSSR count). The van der Waals surface area contributed by atoms with E-state index >= 15 is 0 Å². The number of carboxylic acid groups (broad SMARTS) is 1. The number of β-amino-alcohol motifs (C(OH)–C–C–N with tert-alkyl or cyclic N) is 1. The maximum Gasteiger partial charge on any atom is 0.337 e. The fraction of sp³-hybridized carbons (Fsp3) is 0.364. The SMILES string of the molecule is O=C(O)C1(O)CCN(c2ccccc2Br)C1. The van der Waals surface area contributed by atoms with E-state index in [1.165, 1.54) is 0 Å². The first kappa shape index (κ1) is 11.4. The first-order chi connectivity index (χ1) is 7.53. The van der Waals surface area contributed by atoms with E-state index in [-0.39, 0.29) is 13.0 Å². The Hall–Kier alpha value is -1.07. The van der Waals surface area contributed by atoms with Gasteiger partial charge in [-0.15, -0.1) is 0 Å². The molecule has 86 valence electrons. The zero-order valence-corrected chi connectivity index (χ0v) is 10.1. The number of hydrogen-bond acceptors (Lipinski definition) is 3. The number of carboxylic acids is 1. The Kier molecular flexibility index (Phi) is 2.90. The van der Waals surface area contributed by atoms with Crippen molar-refractivity contribution in [1.82, 2.24) is 0 Å². The average Bonchev–Trinajstić information content (AvgIpc) is 2.63. The second-order valence-electron chi connectivity index (χ2n) is 3.96. The summed E-state index contributed by atoms with van der Waals surface area (Å²) < 4.78 is 0.907. The number of hydrogen-bond donors (Lipinski definition) is 2. The van der Waals surface area contributed by atoms with Gasteiger partial charge in [-0.25, -0.2) is 4.79 Å². The first-order valence-electron chi connectivity index (χ1n) is 4.98. The second-order valence-corrected chi connectivity index (χ2v) is 4.81. The molecule has 5 heteroatoms. The molecule has 1 aliphatic rings. The molecule has 0 aliphatic carbocycles. The highest BCUT2D eigenvalue weighted by Gasteiger charge is 2.43. The fourth-order valence-electron chi connectivity index (χ4n) is 1.88. The second kappa shape index (κ2) is 4.07. The summed E-state index contributed by atoms with van der Waals surface area (Å²) in [6.07, 6.45) is 0.254. The number of aliphatic carboxylic acids is 1. The number of aliphatic hydroxyl groups is 1. The monoisotopic (exact) mass is 285 g/mol. The molecular formula is C11H12BrNO3. The van der Waals surface area contributed by atoms with Gasteiger partial charge in [-0.05, 0) is 28.1 Å². The molecule has 0 amide bonds. The van der Waals surface area contributed by atoms with Crippen molar-refractivity contribution in [3.8, 4) is 0 Å². The van der Waals surface area contributed by atoms with Crippen molar-refractivity contribution in [3.63, 3.8) is 0 Å². The highest BCUT2D eigenvalue weighted by Crippen LogP contribution is 2.32. The molecule has 1 aromatic carbocycles. The highest BCUT2D eigenvalue weighted by molar-refractivity contribution is 9.10. The lowest BCUT2D eigenvalue weighted by Crippen LogP contribution is -2.41. The summed E-state index contributed by atoms with van der Waals surface area (Å²) >= 11 is 3.41. The molecule has 0 radical (unpaired) electrons. The molecule has 16 heavy (non-hydrogen) atoms. The molecule has 0 bridgehead atoms. The van der Waals surface area contributed by atoms with Gasteiger partial charge in [0.05, 0.1) is 12.2 Å². The van der Waals surface area contributed by atoms with Crippen LogP contribution in [0.4, 0.5) is 5.69 Å². The van der Waals surface area contributed by atoms with E-state index in [0.29, 0.717) is 6.54 Å². The molecule has 0 saturated carbocycles. The third kappa shape index (κ3) is 1.92. The van der Waals surface area contributed by atoms with Gasteiger partial charge in [0.15, 0.2) is 5.60 Å². The van der Waals surface area contributed by atoms with Crippen LogP contribution in [0.3, 0.4) is 0 Å². The van der Waals surface area contributed by atoms with Crippen molar-refractivity contribution in [3.05, 3.63) is 28.7 Å². The van der Waals surface area contributed by atoms with E-state index in [0.717, 1.165) is 10.2 Å². The van der Waals surface area contributed by atoms with Gasteiger partial charge in [0.25, 0.3) is 0 Å². The third-order valence-corrected chi connectivity index (χ3v) is 3.51. The maximum absolute atomic E-state index is 10.9. The van der Waals surface area contributed by atoms with Crippen LogP contribution in [0.1, 0.15) is 6.42 Å². The van der Waals surface area contributed by atoms with Gasteiger partial charge in [-0.1, -0.05) is 12.1 Å². The highest BCUT2D eigenvalue weighted by atomic mass is 79.9.